The first-order valence-electron chi connectivity index (χ1n) is 9.23. The fourth-order valence-corrected chi connectivity index (χ4v) is 4.51. The van der Waals surface area contributed by atoms with Gasteiger partial charge in [0.2, 0.25) is 5.91 Å². The van der Waals surface area contributed by atoms with Crippen LogP contribution in [0.3, 0.4) is 0 Å². The van der Waals surface area contributed by atoms with Gasteiger partial charge in [-0.3, -0.25) is 14.5 Å². The van der Waals surface area contributed by atoms with Gasteiger partial charge < -0.3 is 14.8 Å². The highest BCUT2D eigenvalue weighted by atomic mass is 35.5. The number of hydrogen-bond donors (Lipinski definition) is 2. The molecule has 0 fully saturated rings. The molecule has 0 aliphatic carbocycles. The van der Waals surface area contributed by atoms with Gasteiger partial charge in [-0.1, -0.05) is 23.7 Å². The summed E-state index contributed by atoms with van der Waals surface area (Å²) in [4.78, 5) is 16.9. The molecule has 0 unspecified atom stereocenters. The van der Waals surface area contributed by atoms with Gasteiger partial charge in [-0.05, 0) is 43.7 Å². The summed E-state index contributed by atoms with van der Waals surface area (Å²) in [6.45, 7) is 4.06. The molecular formula is C20H22ClN3O5S. The average Bonchev–Trinajstić information content (AvgIpc) is 2.98. The first kappa shape index (κ1) is 21.9. The lowest BCUT2D eigenvalue weighted by molar-refractivity contribution is -0.122. The van der Waals surface area contributed by atoms with E-state index in [2.05, 4.69) is 15.0 Å². The van der Waals surface area contributed by atoms with Crippen molar-refractivity contribution in [3.8, 4) is 11.5 Å². The van der Waals surface area contributed by atoms with Crippen LogP contribution in [-0.2, 0) is 21.4 Å². The minimum Gasteiger partial charge on any atom is -0.493 e. The Morgan fingerprint density at radius 2 is 2.03 bits per heavy atom. The summed E-state index contributed by atoms with van der Waals surface area (Å²) in [5.74, 6) is 0.705. The van der Waals surface area contributed by atoms with Gasteiger partial charge >= 0.3 is 0 Å². The summed E-state index contributed by atoms with van der Waals surface area (Å²) < 4.78 is 37.5. The maximum absolute atomic E-state index is 12.5. The van der Waals surface area contributed by atoms with E-state index in [0.717, 1.165) is 5.56 Å². The number of benzene rings is 2. The molecule has 1 amide bonds. The SMILES string of the molecule is CCOc1c(Cl)cc(CNC(=O)[C@H](C)N=C2NS(=O)(=O)c3ccccc32)cc1OC. The van der Waals surface area contributed by atoms with E-state index < -0.39 is 16.1 Å². The Labute approximate surface area is 180 Å². The van der Waals surface area contributed by atoms with E-state index in [0.29, 0.717) is 28.7 Å². The number of carbonyl (C=O) groups excluding carboxylic acids is 1. The molecule has 0 aromatic heterocycles. The number of amidine groups is 1. The third kappa shape index (κ3) is 4.52. The highest BCUT2D eigenvalue weighted by Gasteiger charge is 2.31. The number of methoxy groups -OCH3 is 1. The molecule has 30 heavy (non-hydrogen) atoms. The van der Waals surface area contributed by atoms with Gasteiger partial charge in [-0.2, -0.15) is 0 Å². The van der Waals surface area contributed by atoms with E-state index in [1.807, 2.05) is 6.92 Å². The molecule has 0 saturated heterocycles. The molecule has 0 saturated carbocycles. The summed E-state index contributed by atoms with van der Waals surface area (Å²) in [7, 11) is -2.15. The number of ether oxygens (including phenoxy) is 2. The number of nitrogens with one attached hydrogen (secondary N) is 2. The topological polar surface area (TPSA) is 106 Å². The standard InChI is InChI=1S/C20H22ClN3O5S/c1-4-29-18-15(21)9-13(10-16(18)28-3)11-22-20(25)12(2)23-19-14-7-5-6-8-17(14)30(26,27)24-19/h5-10,12H,4,11H2,1-3H3,(H,22,25)(H,23,24)/t12-/m0/s1. The largest absolute Gasteiger partial charge is 0.493 e. The van der Waals surface area contributed by atoms with Crippen molar-refractivity contribution in [2.45, 2.75) is 31.3 Å². The molecule has 1 heterocycles. The molecule has 10 heteroatoms. The summed E-state index contributed by atoms with van der Waals surface area (Å²) in [5, 5.41) is 3.15. The van der Waals surface area contributed by atoms with E-state index >= 15 is 0 Å². The predicted octanol–water partition coefficient (Wildman–Crippen LogP) is 2.49. The number of amides is 1. The van der Waals surface area contributed by atoms with Gasteiger partial charge in [0, 0.05) is 12.1 Å². The minimum atomic E-state index is -3.66. The number of hydrogen-bond acceptors (Lipinski definition) is 6. The molecule has 2 aromatic carbocycles. The van der Waals surface area contributed by atoms with Crippen LogP contribution in [0.15, 0.2) is 46.3 Å². The number of aliphatic imine (C=N–C) groups is 1. The van der Waals surface area contributed by atoms with Gasteiger partial charge in [0.15, 0.2) is 11.5 Å². The smallest absolute Gasteiger partial charge is 0.263 e. The van der Waals surface area contributed by atoms with Crippen LogP contribution in [0, 0.1) is 0 Å². The number of nitrogens with zero attached hydrogens (tertiary/aromatic N) is 1. The van der Waals surface area contributed by atoms with Crippen LogP contribution in [0.5, 0.6) is 11.5 Å². The Bertz CT molecular complexity index is 1100. The number of fused-ring (bicyclic) bond motifs is 1. The van der Waals surface area contributed by atoms with Gasteiger partial charge in [-0.15, -0.1) is 0 Å². The maximum Gasteiger partial charge on any atom is 0.263 e. The highest BCUT2D eigenvalue weighted by molar-refractivity contribution is 7.90. The first-order chi connectivity index (χ1) is 14.3. The van der Waals surface area contributed by atoms with Crippen molar-refractivity contribution in [3.63, 3.8) is 0 Å². The molecule has 1 aliphatic rings. The summed E-state index contributed by atoms with van der Waals surface area (Å²) in [6.07, 6.45) is 0. The second-order valence-corrected chi connectivity index (χ2v) is 8.57. The monoisotopic (exact) mass is 451 g/mol. The molecule has 2 aromatic rings. The minimum absolute atomic E-state index is 0.146. The number of carbonyl (C=O) groups is 1. The first-order valence-corrected chi connectivity index (χ1v) is 11.1. The molecule has 1 aliphatic heterocycles. The van der Waals surface area contributed by atoms with Gasteiger partial charge in [0.1, 0.15) is 11.9 Å². The second-order valence-electron chi connectivity index (χ2n) is 6.52. The fourth-order valence-electron chi connectivity index (χ4n) is 2.98. The summed E-state index contributed by atoms with van der Waals surface area (Å²) in [6, 6.07) is 9.09. The molecule has 160 valence electrons. The third-order valence-corrected chi connectivity index (χ3v) is 6.09. The van der Waals surface area contributed by atoms with Gasteiger partial charge in [-0.25, -0.2) is 8.42 Å². The quantitative estimate of drug-likeness (QED) is 0.672. The molecule has 3 rings (SSSR count). The maximum atomic E-state index is 12.5. The Hall–Kier alpha value is -2.78. The Morgan fingerprint density at radius 3 is 2.73 bits per heavy atom. The van der Waals surface area contributed by atoms with Crippen molar-refractivity contribution in [2.24, 2.45) is 4.99 Å². The van der Waals surface area contributed by atoms with E-state index in [-0.39, 0.29) is 23.2 Å². The van der Waals surface area contributed by atoms with Crippen LogP contribution in [0.1, 0.15) is 25.0 Å². The number of sulfonamides is 1. The molecule has 2 N–H and O–H groups in total. The summed E-state index contributed by atoms with van der Waals surface area (Å²) >= 11 is 6.25. The van der Waals surface area contributed by atoms with Crippen molar-refractivity contribution in [1.82, 2.24) is 10.0 Å². The van der Waals surface area contributed by atoms with Crippen molar-refractivity contribution >= 4 is 33.4 Å². The molecule has 0 spiro atoms. The fraction of sp³-hybridized carbons (Fsp3) is 0.300. The van der Waals surface area contributed by atoms with Gasteiger partial charge in [0.25, 0.3) is 10.0 Å². The zero-order chi connectivity index (χ0) is 21.9. The van der Waals surface area contributed by atoms with E-state index in [1.54, 1.807) is 37.3 Å². The van der Waals surface area contributed by atoms with Crippen molar-refractivity contribution in [2.75, 3.05) is 13.7 Å². The molecule has 0 radical (unpaired) electrons. The molecule has 1 atom stereocenters. The van der Waals surface area contributed by atoms with Crippen molar-refractivity contribution in [3.05, 3.63) is 52.5 Å². The van der Waals surface area contributed by atoms with Crippen LogP contribution in [0.25, 0.3) is 0 Å². The Balaban J connectivity index is 1.72. The normalized spacial score (nSPS) is 16.5. The van der Waals surface area contributed by atoms with Crippen molar-refractivity contribution in [1.29, 1.82) is 0 Å². The van der Waals surface area contributed by atoms with Crippen molar-refractivity contribution < 1.29 is 22.7 Å². The molecule has 0 bridgehead atoms. The predicted molar refractivity (Wildman–Crippen MR) is 114 cm³/mol. The number of rotatable bonds is 7. The zero-order valence-corrected chi connectivity index (χ0v) is 18.3. The lowest BCUT2D eigenvalue weighted by atomic mass is 10.2. The average molecular weight is 452 g/mol. The lowest BCUT2D eigenvalue weighted by Crippen LogP contribution is -2.33. The van der Waals surface area contributed by atoms with Crippen LogP contribution in [-0.4, -0.2) is 39.9 Å². The van der Waals surface area contributed by atoms with Gasteiger partial charge in [0.05, 0.1) is 23.6 Å². The molecular weight excluding hydrogens is 430 g/mol. The van der Waals surface area contributed by atoms with E-state index in [4.69, 9.17) is 21.1 Å². The third-order valence-electron chi connectivity index (χ3n) is 4.41. The van der Waals surface area contributed by atoms with Crippen LogP contribution >= 0.6 is 11.6 Å². The van der Waals surface area contributed by atoms with E-state index in [1.165, 1.54) is 13.2 Å². The van der Waals surface area contributed by atoms with Crippen LogP contribution in [0.2, 0.25) is 5.02 Å². The molecule has 8 nitrogen and oxygen atoms in total. The van der Waals surface area contributed by atoms with E-state index in [9.17, 15) is 13.2 Å². The van der Waals surface area contributed by atoms with Crippen LogP contribution < -0.4 is 19.5 Å². The summed E-state index contributed by atoms with van der Waals surface area (Å²) in [5.41, 5.74) is 1.17. The van der Waals surface area contributed by atoms with Crippen LogP contribution in [0.4, 0.5) is 0 Å². The number of halogens is 1. The second kappa shape index (κ2) is 8.93. The Morgan fingerprint density at radius 1 is 1.30 bits per heavy atom. The zero-order valence-electron chi connectivity index (χ0n) is 16.7. The highest BCUT2D eigenvalue weighted by Crippen LogP contribution is 2.36. The Kier molecular flexibility index (Phi) is 6.52. The lowest BCUT2D eigenvalue weighted by Gasteiger charge is -2.14.